The average Bonchev–Trinajstić information content (AvgIpc) is 2.78. The summed E-state index contributed by atoms with van der Waals surface area (Å²) in [6.45, 7) is 0.499. The molecule has 0 heterocycles. The van der Waals surface area contributed by atoms with Crippen molar-refractivity contribution < 1.29 is 34.4 Å². The number of ether oxygens (including phenoxy) is 1. The molecule has 2 aromatic rings. The molecule has 0 fully saturated rings. The van der Waals surface area contributed by atoms with E-state index < -0.39 is 21.8 Å². The number of carbonyl (C=O) groups is 2. The molecule has 0 saturated heterocycles. The van der Waals surface area contributed by atoms with Crippen LogP contribution in [0.2, 0.25) is 0 Å². The molecule has 13 heteroatoms. The van der Waals surface area contributed by atoms with Gasteiger partial charge in [0, 0.05) is 18.7 Å². The van der Waals surface area contributed by atoms with E-state index in [1.807, 2.05) is 0 Å². The Kier molecular flexibility index (Phi) is 12.9. The van der Waals surface area contributed by atoms with E-state index in [0.29, 0.717) is 11.1 Å². The van der Waals surface area contributed by atoms with Crippen LogP contribution in [0.5, 0.6) is 0 Å². The van der Waals surface area contributed by atoms with Crippen molar-refractivity contribution in [2.24, 2.45) is 0 Å². The zero-order chi connectivity index (χ0) is 25.7. The number of benzene rings is 2. The van der Waals surface area contributed by atoms with Gasteiger partial charge in [-0.25, -0.2) is 9.59 Å². The Morgan fingerprint density at radius 3 is 1.79 bits per heavy atom. The molecule has 11 nitrogen and oxygen atoms in total. The minimum Gasteiger partial charge on any atom is -0.478 e. The van der Waals surface area contributed by atoms with E-state index in [0.717, 1.165) is 38.2 Å². The van der Waals surface area contributed by atoms with Gasteiger partial charge in [0.2, 0.25) is 0 Å². The minimum atomic E-state index is -1.18. The van der Waals surface area contributed by atoms with Gasteiger partial charge >= 0.3 is 11.9 Å². The van der Waals surface area contributed by atoms with Crippen LogP contribution in [0.4, 0.5) is 11.4 Å². The Labute approximate surface area is 211 Å². The molecule has 0 aliphatic heterocycles. The van der Waals surface area contributed by atoms with Gasteiger partial charge in [-0.1, -0.05) is 19.3 Å². The lowest BCUT2D eigenvalue weighted by Crippen LogP contribution is -2.07. The van der Waals surface area contributed by atoms with Gasteiger partial charge in [0.1, 0.15) is 0 Å². The van der Waals surface area contributed by atoms with Crippen LogP contribution < -0.4 is 0 Å². The normalized spacial score (nSPS) is 10.1. The summed E-state index contributed by atoms with van der Waals surface area (Å²) in [5.74, 6) is -1.74. The lowest BCUT2D eigenvalue weighted by molar-refractivity contribution is -0.385. The number of carboxylic acids is 1. The molecule has 0 saturated carbocycles. The number of halogens is 2. The molecule has 0 radical (unpaired) electrons. The largest absolute Gasteiger partial charge is 0.478 e. The summed E-state index contributed by atoms with van der Waals surface area (Å²) in [5.41, 5.74) is -0.339. The van der Waals surface area contributed by atoms with Crippen molar-refractivity contribution in [1.29, 1.82) is 0 Å². The molecule has 2 aromatic carbocycles. The fourth-order valence-electron chi connectivity index (χ4n) is 2.56. The van der Waals surface area contributed by atoms with Crippen molar-refractivity contribution >= 4 is 55.2 Å². The summed E-state index contributed by atoms with van der Waals surface area (Å²) < 4.78 is 5.68. The Bertz CT molecular complexity index is 1030. The van der Waals surface area contributed by atoms with E-state index in [9.17, 15) is 29.8 Å². The van der Waals surface area contributed by atoms with E-state index >= 15 is 0 Å². The molecular weight excluding hydrogens is 584 g/mol. The molecule has 0 amide bonds. The highest BCUT2D eigenvalue weighted by molar-refractivity contribution is 9.11. The number of nitro benzene ring substituents is 2. The third-order valence-corrected chi connectivity index (χ3v) is 5.65. The Hall–Kier alpha value is -2.90. The number of hydrogen-bond donors (Lipinski definition) is 2. The molecule has 0 atom stereocenters. The van der Waals surface area contributed by atoms with Crippen LogP contribution in [-0.2, 0) is 4.74 Å². The van der Waals surface area contributed by atoms with Gasteiger partial charge in [0.15, 0.2) is 0 Å². The number of carboxylic acid groups (broad SMARTS) is 1. The van der Waals surface area contributed by atoms with E-state index in [4.69, 9.17) is 14.9 Å². The van der Waals surface area contributed by atoms with Crippen molar-refractivity contribution in [3.05, 3.63) is 76.7 Å². The number of aromatic carboxylic acids is 1. The van der Waals surface area contributed by atoms with Gasteiger partial charge in [-0.3, -0.25) is 20.2 Å². The lowest BCUT2D eigenvalue weighted by Gasteiger charge is -2.05. The molecular formula is C21H22Br2N2O9. The van der Waals surface area contributed by atoms with Crippen LogP contribution in [0.1, 0.15) is 52.8 Å². The van der Waals surface area contributed by atoms with Gasteiger partial charge in [0.25, 0.3) is 11.4 Å². The number of aliphatic hydroxyl groups excluding tert-OH is 1. The highest BCUT2D eigenvalue weighted by Crippen LogP contribution is 2.26. The zero-order valence-corrected chi connectivity index (χ0v) is 21.0. The molecule has 0 spiro atoms. The number of esters is 1. The van der Waals surface area contributed by atoms with E-state index in [2.05, 4.69) is 31.9 Å². The molecule has 0 aromatic heterocycles. The molecule has 2 rings (SSSR count). The first kappa shape index (κ1) is 29.1. The molecule has 184 valence electrons. The summed E-state index contributed by atoms with van der Waals surface area (Å²) >= 11 is 6.01. The van der Waals surface area contributed by atoms with Crippen molar-refractivity contribution in [2.75, 3.05) is 13.2 Å². The average molecular weight is 606 g/mol. The highest BCUT2D eigenvalue weighted by atomic mass is 79.9. The molecule has 0 aliphatic rings. The number of carbonyl (C=O) groups excluding carboxylic acids is 1. The predicted molar refractivity (Wildman–Crippen MR) is 129 cm³/mol. The maximum absolute atomic E-state index is 11.8. The zero-order valence-electron chi connectivity index (χ0n) is 17.8. The van der Waals surface area contributed by atoms with Crippen LogP contribution in [0.25, 0.3) is 0 Å². The van der Waals surface area contributed by atoms with E-state index in [-0.39, 0.29) is 33.6 Å². The SMILES string of the molecule is O=C(O)c1ccc(Br)c([N+](=O)[O-])c1.O=C(OCCCCCCCO)c1ccc(Br)c([N+](=O)[O-])c1. The minimum absolute atomic E-state index is 0.102. The lowest BCUT2D eigenvalue weighted by atomic mass is 10.1. The Morgan fingerprint density at radius 1 is 0.824 bits per heavy atom. The first-order valence-corrected chi connectivity index (χ1v) is 11.6. The fraction of sp³-hybridized carbons (Fsp3) is 0.333. The smallest absolute Gasteiger partial charge is 0.338 e. The van der Waals surface area contributed by atoms with Crippen LogP contribution in [0.3, 0.4) is 0 Å². The first-order chi connectivity index (χ1) is 16.1. The summed E-state index contributed by atoms with van der Waals surface area (Å²) in [4.78, 5) is 42.2. The summed E-state index contributed by atoms with van der Waals surface area (Å²) in [5, 5.41) is 38.3. The maximum Gasteiger partial charge on any atom is 0.338 e. The molecule has 2 N–H and O–H groups in total. The number of rotatable bonds is 11. The van der Waals surface area contributed by atoms with Crippen molar-refractivity contribution in [3.8, 4) is 0 Å². The van der Waals surface area contributed by atoms with Gasteiger partial charge in [-0.15, -0.1) is 0 Å². The summed E-state index contributed by atoms with van der Waals surface area (Å²) in [6, 6.07) is 7.78. The summed E-state index contributed by atoms with van der Waals surface area (Å²) in [6.07, 6.45) is 4.41. The molecule has 0 bridgehead atoms. The quantitative estimate of drug-likeness (QED) is 0.145. The van der Waals surface area contributed by atoms with Crippen molar-refractivity contribution in [2.45, 2.75) is 32.1 Å². The van der Waals surface area contributed by atoms with Crippen LogP contribution in [0, 0.1) is 20.2 Å². The topological polar surface area (TPSA) is 170 Å². The van der Waals surface area contributed by atoms with E-state index in [1.54, 1.807) is 0 Å². The maximum atomic E-state index is 11.8. The molecule has 0 unspecified atom stereocenters. The standard InChI is InChI=1S/C14H18BrNO5.C7H4BrNO4/c15-12-7-6-11(10-13(12)16(19)20)14(18)21-9-5-3-1-2-4-8-17;8-5-2-1-4(7(10)11)3-6(5)9(12)13/h6-7,10,17H,1-5,8-9H2;1-3H,(H,10,11). The monoisotopic (exact) mass is 604 g/mol. The number of hydrogen-bond acceptors (Lipinski definition) is 8. The van der Waals surface area contributed by atoms with Gasteiger partial charge in [0.05, 0.1) is 36.5 Å². The number of aliphatic hydroxyl groups is 1. The first-order valence-electron chi connectivity index (χ1n) is 9.97. The number of nitro groups is 2. The second-order valence-electron chi connectivity index (χ2n) is 6.78. The molecule has 0 aliphatic carbocycles. The number of unbranched alkanes of at least 4 members (excludes halogenated alkanes) is 4. The van der Waals surface area contributed by atoms with Crippen molar-refractivity contribution in [1.82, 2.24) is 0 Å². The number of nitrogens with zero attached hydrogens (tertiary/aromatic N) is 2. The Balaban J connectivity index is 0.000000380. The third kappa shape index (κ3) is 9.93. The molecule has 34 heavy (non-hydrogen) atoms. The second kappa shape index (κ2) is 15.1. The van der Waals surface area contributed by atoms with E-state index in [1.165, 1.54) is 30.3 Å². The van der Waals surface area contributed by atoms with Gasteiger partial charge in [-0.05, 0) is 69.0 Å². The van der Waals surface area contributed by atoms with Gasteiger partial charge in [-0.2, -0.15) is 0 Å². The summed E-state index contributed by atoms with van der Waals surface area (Å²) in [7, 11) is 0. The van der Waals surface area contributed by atoms with Crippen LogP contribution in [0.15, 0.2) is 45.3 Å². The third-order valence-electron chi connectivity index (χ3n) is 4.30. The fourth-order valence-corrected chi connectivity index (χ4v) is 3.34. The predicted octanol–water partition coefficient (Wildman–Crippen LogP) is 5.51. The highest BCUT2D eigenvalue weighted by Gasteiger charge is 2.17. The Morgan fingerprint density at radius 2 is 1.29 bits per heavy atom. The van der Waals surface area contributed by atoms with Crippen LogP contribution in [-0.4, -0.2) is 45.2 Å². The van der Waals surface area contributed by atoms with Gasteiger partial charge < -0.3 is 14.9 Å². The van der Waals surface area contributed by atoms with Crippen molar-refractivity contribution in [3.63, 3.8) is 0 Å². The second-order valence-corrected chi connectivity index (χ2v) is 8.49. The van der Waals surface area contributed by atoms with Crippen LogP contribution >= 0.6 is 31.9 Å².